The van der Waals surface area contributed by atoms with Gasteiger partial charge in [0, 0.05) is 16.0 Å². The lowest BCUT2D eigenvalue weighted by molar-refractivity contribution is 0.599. The van der Waals surface area contributed by atoms with Crippen molar-refractivity contribution in [2.45, 2.75) is 18.4 Å². The molecule has 2 rings (SSSR count). The van der Waals surface area contributed by atoms with Gasteiger partial charge in [-0.25, -0.2) is 8.42 Å². The first kappa shape index (κ1) is 15.3. The second kappa shape index (κ2) is 5.72. The number of nitrogens with two attached hydrogens (primary N) is 1. The number of rotatable bonds is 4. The van der Waals surface area contributed by atoms with Gasteiger partial charge in [0.2, 0.25) is 0 Å². The zero-order chi connectivity index (χ0) is 14.9. The zero-order valence-corrected chi connectivity index (χ0v) is 13.6. The van der Waals surface area contributed by atoms with Gasteiger partial charge in [-0.3, -0.25) is 9.82 Å². The van der Waals surface area contributed by atoms with Gasteiger partial charge in [-0.1, -0.05) is 11.6 Å². The van der Waals surface area contributed by atoms with Gasteiger partial charge in [0.1, 0.15) is 4.90 Å². The van der Waals surface area contributed by atoms with Crippen molar-refractivity contribution in [3.63, 3.8) is 0 Å². The number of H-pyrrole nitrogens is 1. The van der Waals surface area contributed by atoms with Crippen molar-refractivity contribution in [3.8, 4) is 0 Å². The third-order valence-electron chi connectivity index (χ3n) is 2.60. The lowest BCUT2D eigenvalue weighted by Crippen LogP contribution is -2.16. The maximum Gasteiger partial charge on any atom is 0.265 e. The Kier molecular flexibility index (Phi) is 4.38. The van der Waals surface area contributed by atoms with E-state index in [1.165, 1.54) is 6.07 Å². The van der Waals surface area contributed by atoms with Gasteiger partial charge in [-0.2, -0.15) is 5.10 Å². The number of hydrogen-bond donors (Lipinski definition) is 3. The number of aryl methyl sites for hydroxylation is 1. The highest BCUT2D eigenvalue weighted by Gasteiger charge is 2.24. The van der Waals surface area contributed by atoms with Crippen LogP contribution in [0.2, 0.25) is 5.02 Å². The van der Waals surface area contributed by atoms with Crippen molar-refractivity contribution in [1.82, 2.24) is 10.2 Å². The van der Waals surface area contributed by atoms with Crippen LogP contribution >= 0.6 is 27.5 Å². The van der Waals surface area contributed by atoms with Crippen molar-refractivity contribution in [2.24, 2.45) is 5.73 Å². The maximum absolute atomic E-state index is 12.4. The molecule has 1 aromatic heterocycles. The van der Waals surface area contributed by atoms with Gasteiger partial charge in [0.05, 0.1) is 17.1 Å². The molecule has 1 aromatic carbocycles. The van der Waals surface area contributed by atoms with E-state index in [2.05, 4.69) is 30.8 Å². The molecule has 0 bridgehead atoms. The van der Waals surface area contributed by atoms with Crippen molar-refractivity contribution in [3.05, 3.63) is 39.1 Å². The lowest BCUT2D eigenvalue weighted by Gasteiger charge is -2.10. The van der Waals surface area contributed by atoms with E-state index in [1.54, 1.807) is 19.1 Å². The van der Waals surface area contributed by atoms with Crippen LogP contribution < -0.4 is 10.5 Å². The molecule has 20 heavy (non-hydrogen) atoms. The molecule has 0 saturated heterocycles. The molecule has 0 saturated carbocycles. The Morgan fingerprint density at radius 3 is 2.85 bits per heavy atom. The zero-order valence-electron chi connectivity index (χ0n) is 10.4. The molecule has 9 heteroatoms. The fourth-order valence-electron chi connectivity index (χ4n) is 1.74. The average molecular weight is 380 g/mol. The number of nitrogens with one attached hydrogen (secondary N) is 2. The predicted octanol–water partition coefficient (Wildman–Crippen LogP) is 2.39. The minimum atomic E-state index is -3.80. The number of anilines is 1. The highest BCUT2D eigenvalue weighted by molar-refractivity contribution is 9.10. The Bertz CT molecular complexity index is 745. The number of aromatic amines is 1. The molecule has 0 atom stereocenters. The van der Waals surface area contributed by atoms with Crippen LogP contribution in [0.4, 0.5) is 5.69 Å². The van der Waals surface area contributed by atoms with Gasteiger partial charge in [0.15, 0.2) is 0 Å². The summed E-state index contributed by atoms with van der Waals surface area (Å²) in [6, 6.07) is 4.82. The number of hydrogen-bond acceptors (Lipinski definition) is 4. The monoisotopic (exact) mass is 378 g/mol. The summed E-state index contributed by atoms with van der Waals surface area (Å²) in [5.41, 5.74) is 6.56. The highest BCUT2D eigenvalue weighted by atomic mass is 79.9. The van der Waals surface area contributed by atoms with E-state index in [0.717, 1.165) is 0 Å². The van der Waals surface area contributed by atoms with E-state index in [9.17, 15) is 8.42 Å². The van der Waals surface area contributed by atoms with Crippen LogP contribution in [0.3, 0.4) is 0 Å². The van der Waals surface area contributed by atoms with E-state index < -0.39 is 10.0 Å². The fraction of sp³-hybridized carbons (Fsp3) is 0.182. The lowest BCUT2D eigenvalue weighted by atomic mass is 10.3. The molecule has 0 fully saturated rings. The van der Waals surface area contributed by atoms with Gasteiger partial charge < -0.3 is 5.73 Å². The number of halogens is 2. The van der Waals surface area contributed by atoms with Crippen LogP contribution in [-0.4, -0.2) is 18.6 Å². The number of benzene rings is 1. The van der Waals surface area contributed by atoms with Crippen molar-refractivity contribution < 1.29 is 8.42 Å². The molecule has 0 unspecified atom stereocenters. The Labute approximate surface area is 129 Å². The summed E-state index contributed by atoms with van der Waals surface area (Å²) in [6.07, 6.45) is 0. The first-order valence-corrected chi connectivity index (χ1v) is 8.22. The van der Waals surface area contributed by atoms with Gasteiger partial charge in [0.25, 0.3) is 10.0 Å². The summed E-state index contributed by atoms with van der Waals surface area (Å²) in [5.74, 6) is 0. The molecule has 0 aliphatic heterocycles. The molecule has 0 aliphatic carbocycles. The summed E-state index contributed by atoms with van der Waals surface area (Å²) >= 11 is 9.13. The van der Waals surface area contributed by atoms with Crippen LogP contribution in [0, 0.1) is 6.92 Å². The third kappa shape index (κ3) is 2.98. The topological polar surface area (TPSA) is 101 Å². The summed E-state index contributed by atoms with van der Waals surface area (Å²) in [7, 11) is -3.80. The van der Waals surface area contributed by atoms with E-state index in [0.29, 0.717) is 20.9 Å². The molecule has 4 N–H and O–H groups in total. The van der Waals surface area contributed by atoms with Crippen LogP contribution in [-0.2, 0) is 16.6 Å². The summed E-state index contributed by atoms with van der Waals surface area (Å²) in [4.78, 5) is 0.0619. The molecule has 0 spiro atoms. The minimum Gasteiger partial charge on any atom is -0.325 e. The smallest absolute Gasteiger partial charge is 0.265 e. The Morgan fingerprint density at radius 1 is 1.50 bits per heavy atom. The average Bonchev–Trinajstić information content (AvgIpc) is 2.75. The van der Waals surface area contributed by atoms with Gasteiger partial charge in [-0.05, 0) is 41.1 Å². The van der Waals surface area contributed by atoms with Crippen LogP contribution in [0.5, 0.6) is 0 Å². The summed E-state index contributed by atoms with van der Waals surface area (Å²) < 4.78 is 27.9. The van der Waals surface area contributed by atoms with Crippen LogP contribution in [0.1, 0.15) is 11.4 Å². The molecule has 0 amide bonds. The normalized spacial score (nSPS) is 11.6. The quantitative estimate of drug-likeness (QED) is 0.759. The second-order valence-electron chi connectivity index (χ2n) is 4.06. The number of nitrogens with zero attached hydrogens (tertiary/aromatic N) is 1. The first-order chi connectivity index (χ1) is 9.35. The summed E-state index contributed by atoms with van der Waals surface area (Å²) in [5, 5.41) is 6.92. The van der Waals surface area contributed by atoms with E-state index in [1.807, 2.05) is 0 Å². The Balaban J connectivity index is 2.46. The molecular weight excluding hydrogens is 368 g/mol. The van der Waals surface area contributed by atoms with Crippen molar-refractivity contribution in [2.75, 3.05) is 4.72 Å². The Hall–Kier alpha value is -1.09. The standard InChI is InChI=1S/C11H12BrClN4O2S/c1-6-11(10(5-14)16-15-6)20(18,19)17-9-4-7(13)2-3-8(9)12/h2-4,17H,5,14H2,1H3,(H,15,16). The molecule has 1 heterocycles. The molecule has 108 valence electrons. The molecule has 6 nitrogen and oxygen atoms in total. The first-order valence-electron chi connectivity index (χ1n) is 5.57. The largest absolute Gasteiger partial charge is 0.325 e. The fourth-order valence-corrected chi connectivity index (χ4v) is 3.83. The third-order valence-corrected chi connectivity index (χ3v) is 5.09. The molecule has 0 aliphatic rings. The highest BCUT2D eigenvalue weighted by Crippen LogP contribution is 2.29. The van der Waals surface area contributed by atoms with E-state index in [-0.39, 0.29) is 17.1 Å². The SMILES string of the molecule is Cc1[nH]nc(CN)c1S(=O)(=O)Nc1cc(Cl)ccc1Br. The molecule has 2 aromatic rings. The summed E-state index contributed by atoms with van der Waals surface area (Å²) in [6.45, 7) is 1.64. The van der Waals surface area contributed by atoms with Crippen LogP contribution in [0.25, 0.3) is 0 Å². The molecular formula is C11H12BrClN4O2S. The molecule has 0 radical (unpaired) electrons. The van der Waals surface area contributed by atoms with Crippen molar-refractivity contribution >= 4 is 43.2 Å². The van der Waals surface area contributed by atoms with E-state index in [4.69, 9.17) is 17.3 Å². The van der Waals surface area contributed by atoms with Gasteiger partial charge in [-0.15, -0.1) is 0 Å². The number of sulfonamides is 1. The second-order valence-corrected chi connectivity index (χ2v) is 6.97. The van der Waals surface area contributed by atoms with Gasteiger partial charge >= 0.3 is 0 Å². The predicted molar refractivity (Wildman–Crippen MR) is 81.2 cm³/mol. The Morgan fingerprint density at radius 2 is 2.20 bits per heavy atom. The van der Waals surface area contributed by atoms with E-state index >= 15 is 0 Å². The maximum atomic E-state index is 12.4. The number of aromatic nitrogens is 2. The van der Waals surface area contributed by atoms with Crippen molar-refractivity contribution in [1.29, 1.82) is 0 Å². The minimum absolute atomic E-state index is 0.0251. The van der Waals surface area contributed by atoms with Crippen LogP contribution in [0.15, 0.2) is 27.6 Å².